The molecule has 1 aromatic rings. The van der Waals surface area contributed by atoms with Crippen molar-refractivity contribution >= 4 is 5.78 Å². The molecule has 4 heteroatoms. The molecule has 0 atom stereocenters. The van der Waals surface area contributed by atoms with Crippen molar-refractivity contribution < 1.29 is 18.7 Å². The maximum absolute atomic E-state index is 13.4. The van der Waals surface area contributed by atoms with Crippen LogP contribution in [0.25, 0.3) is 0 Å². The zero-order valence-corrected chi connectivity index (χ0v) is 10.5. The van der Waals surface area contributed by atoms with Gasteiger partial charge in [-0.2, -0.15) is 0 Å². The summed E-state index contributed by atoms with van der Waals surface area (Å²) in [4.78, 5) is 11.9. The molecule has 0 heterocycles. The van der Waals surface area contributed by atoms with E-state index in [1.807, 2.05) is 0 Å². The van der Waals surface area contributed by atoms with E-state index in [2.05, 4.69) is 0 Å². The largest absolute Gasteiger partial charge is 0.494 e. The Morgan fingerprint density at radius 2 is 2.00 bits per heavy atom. The van der Waals surface area contributed by atoms with Crippen LogP contribution in [0, 0.1) is 5.82 Å². The third kappa shape index (κ3) is 3.27. The molecule has 0 unspecified atom stereocenters. The minimum atomic E-state index is -0.851. The van der Waals surface area contributed by atoms with Gasteiger partial charge in [0.25, 0.3) is 0 Å². The van der Waals surface area contributed by atoms with Crippen LogP contribution in [0.5, 0.6) is 5.75 Å². The third-order valence-electron chi connectivity index (χ3n) is 2.76. The Balaban J connectivity index is 2.83. The molecular formula is C13H17FO3. The quantitative estimate of drug-likeness (QED) is 0.792. The number of methoxy groups -OCH3 is 2. The number of hydrogen-bond donors (Lipinski definition) is 0. The van der Waals surface area contributed by atoms with Gasteiger partial charge in [-0.15, -0.1) is 0 Å². The number of carbonyl (C=O) groups is 1. The van der Waals surface area contributed by atoms with E-state index in [9.17, 15) is 9.18 Å². The van der Waals surface area contributed by atoms with Crippen LogP contribution in [0.4, 0.5) is 4.39 Å². The highest BCUT2D eigenvalue weighted by atomic mass is 19.1. The molecule has 0 saturated carbocycles. The molecule has 0 aliphatic rings. The highest BCUT2D eigenvalue weighted by Crippen LogP contribution is 2.20. The average Bonchev–Trinajstić information content (AvgIpc) is 2.29. The summed E-state index contributed by atoms with van der Waals surface area (Å²) < 4.78 is 23.3. The van der Waals surface area contributed by atoms with Gasteiger partial charge in [0.1, 0.15) is 5.60 Å². The van der Waals surface area contributed by atoms with Crippen LogP contribution < -0.4 is 4.74 Å². The molecule has 0 aromatic heterocycles. The predicted molar refractivity (Wildman–Crippen MR) is 62.8 cm³/mol. The molecule has 0 aliphatic heterocycles. The number of ether oxygens (including phenoxy) is 2. The summed E-state index contributed by atoms with van der Waals surface area (Å²) in [6.45, 7) is 3.38. The summed E-state index contributed by atoms with van der Waals surface area (Å²) in [6.07, 6.45) is 0.141. The number of Topliss-reactive ketones (excluding diaryl/α,β-unsaturated/α-hetero) is 1. The van der Waals surface area contributed by atoms with Crippen LogP contribution in [0.3, 0.4) is 0 Å². The van der Waals surface area contributed by atoms with Gasteiger partial charge in [0.05, 0.1) is 7.11 Å². The van der Waals surface area contributed by atoms with Crippen molar-refractivity contribution in [1.82, 2.24) is 0 Å². The number of carbonyl (C=O) groups excluding carboxylic acids is 1. The van der Waals surface area contributed by atoms with E-state index in [1.165, 1.54) is 26.4 Å². The lowest BCUT2D eigenvalue weighted by Gasteiger charge is -2.21. The van der Waals surface area contributed by atoms with E-state index in [4.69, 9.17) is 9.47 Å². The monoisotopic (exact) mass is 240 g/mol. The fourth-order valence-corrected chi connectivity index (χ4v) is 1.33. The summed E-state index contributed by atoms with van der Waals surface area (Å²) in [7, 11) is 2.88. The molecule has 0 radical (unpaired) electrons. The minimum Gasteiger partial charge on any atom is -0.494 e. The molecule has 17 heavy (non-hydrogen) atoms. The highest BCUT2D eigenvalue weighted by molar-refractivity contribution is 5.88. The average molecular weight is 240 g/mol. The van der Waals surface area contributed by atoms with Crippen LogP contribution in [0.15, 0.2) is 18.2 Å². The second-order valence-corrected chi connectivity index (χ2v) is 4.28. The second kappa shape index (κ2) is 5.27. The van der Waals surface area contributed by atoms with E-state index in [-0.39, 0.29) is 18.0 Å². The number of hydrogen-bond acceptors (Lipinski definition) is 3. The summed E-state index contributed by atoms with van der Waals surface area (Å²) in [6, 6.07) is 4.49. The van der Waals surface area contributed by atoms with Crippen molar-refractivity contribution in [2.45, 2.75) is 25.9 Å². The molecule has 94 valence electrons. The topological polar surface area (TPSA) is 35.5 Å². The summed E-state index contributed by atoms with van der Waals surface area (Å²) >= 11 is 0. The van der Waals surface area contributed by atoms with Crippen molar-refractivity contribution in [2.24, 2.45) is 0 Å². The molecule has 0 N–H and O–H groups in total. The number of benzene rings is 1. The Labute approximate surface area is 101 Å². The second-order valence-electron chi connectivity index (χ2n) is 4.28. The first kappa shape index (κ1) is 13.6. The molecule has 0 spiro atoms. The Morgan fingerprint density at radius 1 is 1.35 bits per heavy atom. The zero-order chi connectivity index (χ0) is 13.1. The number of halogens is 1. The van der Waals surface area contributed by atoms with Crippen molar-refractivity contribution in [3.63, 3.8) is 0 Å². The fourth-order valence-electron chi connectivity index (χ4n) is 1.33. The first-order valence-corrected chi connectivity index (χ1v) is 5.31. The van der Waals surface area contributed by atoms with Gasteiger partial charge in [-0.05, 0) is 31.5 Å². The lowest BCUT2D eigenvalue weighted by Crippen LogP contribution is -2.35. The lowest BCUT2D eigenvalue weighted by molar-refractivity contribution is -0.136. The molecule has 0 bridgehead atoms. The molecule has 0 aliphatic carbocycles. The van der Waals surface area contributed by atoms with Crippen LogP contribution in [0.1, 0.15) is 19.4 Å². The van der Waals surface area contributed by atoms with Gasteiger partial charge in [-0.25, -0.2) is 4.39 Å². The molecule has 0 saturated heterocycles. The van der Waals surface area contributed by atoms with Crippen molar-refractivity contribution in [3.05, 3.63) is 29.6 Å². The summed E-state index contributed by atoms with van der Waals surface area (Å²) in [5.41, 5.74) is -0.241. The van der Waals surface area contributed by atoms with E-state index in [0.29, 0.717) is 5.56 Å². The van der Waals surface area contributed by atoms with Crippen LogP contribution in [-0.4, -0.2) is 25.6 Å². The van der Waals surface area contributed by atoms with Crippen LogP contribution in [0.2, 0.25) is 0 Å². The predicted octanol–water partition coefficient (Wildman–Crippen LogP) is 2.37. The Hall–Kier alpha value is -1.42. The van der Waals surface area contributed by atoms with Gasteiger partial charge < -0.3 is 9.47 Å². The fraction of sp³-hybridized carbons (Fsp3) is 0.462. The molecular weight excluding hydrogens is 223 g/mol. The van der Waals surface area contributed by atoms with E-state index in [1.54, 1.807) is 19.9 Å². The van der Waals surface area contributed by atoms with Gasteiger partial charge in [0.2, 0.25) is 0 Å². The van der Waals surface area contributed by atoms with E-state index >= 15 is 0 Å². The molecule has 1 rings (SSSR count). The molecule has 0 amide bonds. The standard InChI is InChI=1S/C13H17FO3/c1-13(2,17-4)12(15)8-9-5-6-11(16-3)10(14)7-9/h5-7H,8H2,1-4H3. The first-order chi connectivity index (χ1) is 7.90. The van der Waals surface area contributed by atoms with Crippen LogP contribution in [-0.2, 0) is 16.0 Å². The molecule has 3 nitrogen and oxygen atoms in total. The van der Waals surface area contributed by atoms with Crippen molar-refractivity contribution in [1.29, 1.82) is 0 Å². The minimum absolute atomic E-state index is 0.0930. The Bertz CT molecular complexity index is 413. The van der Waals surface area contributed by atoms with Gasteiger partial charge in [0, 0.05) is 13.5 Å². The SMILES string of the molecule is COc1ccc(CC(=O)C(C)(C)OC)cc1F. The normalized spacial score (nSPS) is 11.4. The number of rotatable bonds is 5. The highest BCUT2D eigenvalue weighted by Gasteiger charge is 2.26. The smallest absolute Gasteiger partial charge is 0.168 e. The first-order valence-electron chi connectivity index (χ1n) is 5.31. The van der Waals surface area contributed by atoms with Crippen molar-refractivity contribution in [3.8, 4) is 5.75 Å². The van der Waals surface area contributed by atoms with Gasteiger partial charge in [-0.3, -0.25) is 4.79 Å². The maximum Gasteiger partial charge on any atom is 0.168 e. The molecule has 1 aromatic carbocycles. The third-order valence-corrected chi connectivity index (χ3v) is 2.76. The Morgan fingerprint density at radius 3 is 2.47 bits per heavy atom. The van der Waals surface area contributed by atoms with Crippen LogP contribution >= 0.6 is 0 Å². The lowest BCUT2D eigenvalue weighted by atomic mass is 9.97. The van der Waals surface area contributed by atoms with Gasteiger partial charge >= 0.3 is 0 Å². The summed E-state index contributed by atoms with van der Waals surface area (Å²) in [5.74, 6) is -0.384. The molecule has 0 fully saturated rings. The summed E-state index contributed by atoms with van der Waals surface area (Å²) in [5, 5.41) is 0. The maximum atomic E-state index is 13.4. The van der Waals surface area contributed by atoms with Gasteiger partial charge in [0.15, 0.2) is 17.3 Å². The van der Waals surface area contributed by atoms with Crippen molar-refractivity contribution in [2.75, 3.05) is 14.2 Å². The van der Waals surface area contributed by atoms with Gasteiger partial charge in [-0.1, -0.05) is 6.07 Å². The number of ketones is 1. The zero-order valence-electron chi connectivity index (χ0n) is 10.5. The Kier molecular flexibility index (Phi) is 4.23. The van der Waals surface area contributed by atoms with E-state index in [0.717, 1.165) is 0 Å². The van der Waals surface area contributed by atoms with E-state index < -0.39 is 11.4 Å².